The smallest absolute Gasteiger partial charge is 0.160 e. The summed E-state index contributed by atoms with van der Waals surface area (Å²) in [4.78, 5) is 10.4. The molecule has 0 saturated heterocycles. The van der Waals surface area contributed by atoms with Crippen LogP contribution in [0.2, 0.25) is 0 Å². The maximum atomic E-state index is 6.51. The Balaban J connectivity index is 1.15. The second kappa shape index (κ2) is 12.4. The molecule has 5 nitrogen and oxygen atoms in total. The lowest BCUT2D eigenvalue weighted by Gasteiger charge is -2.12. The maximum Gasteiger partial charge on any atom is 0.160 e. The average molecular weight is 729 g/mol. The molecule has 0 radical (unpaired) electrons. The number of aromatic nitrogens is 4. The van der Waals surface area contributed by atoms with Crippen LogP contribution in [0.1, 0.15) is 0 Å². The van der Waals surface area contributed by atoms with Crippen molar-refractivity contribution < 1.29 is 4.42 Å². The molecule has 0 fully saturated rings. The van der Waals surface area contributed by atoms with Gasteiger partial charge in [0.15, 0.2) is 5.82 Å². The lowest BCUT2D eigenvalue weighted by molar-refractivity contribution is 0.669. The Labute approximate surface area is 327 Å². The zero-order chi connectivity index (χ0) is 37.5. The highest BCUT2D eigenvalue weighted by atomic mass is 16.3. The molecule has 4 aromatic heterocycles. The largest absolute Gasteiger partial charge is 0.456 e. The molecule has 5 heteroatoms. The minimum atomic E-state index is 0.672. The standard InChI is InChI=1S/C52H32N4O/c1-4-15-33(16-5-1)44-31-45(34-17-6-2-7-18-34)54-52(53-44)35-19-14-22-37(27-35)56-48-29-41-38-23-10-12-25-46(38)55(36-20-8-3-9-21-36)47(41)30-42(48)40-28-43-39-24-11-13-26-50(39)57-51(43)32-49(40)56/h1-32H. The number of fused-ring (bicyclic) bond motifs is 9. The third kappa shape index (κ3) is 4.96. The number of hydrogen-bond donors (Lipinski definition) is 0. The first kappa shape index (κ1) is 31.6. The normalized spacial score (nSPS) is 11.9. The van der Waals surface area contributed by atoms with Gasteiger partial charge in [0.05, 0.1) is 33.5 Å². The van der Waals surface area contributed by atoms with Crippen LogP contribution < -0.4 is 0 Å². The first-order chi connectivity index (χ1) is 28.2. The third-order valence-electron chi connectivity index (χ3n) is 11.3. The zero-order valence-corrected chi connectivity index (χ0v) is 30.7. The van der Waals surface area contributed by atoms with Gasteiger partial charge in [0, 0.05) is 66.4 Å². The van der Waals surface area contributed by atoms with Crippen LogP contribution in [0.15, 0.2) is 199 Å². The van der Waals surface area contributed by atoms with Crippen molar-refractivity contribution in [1.29, 1.82) is 0 Å². The van der Waals surface area contributed by atoms with Crippen molar-refractivity contribution in [2.75, 3.05) is 0 Å². The SMILES string of the molecule is c1ccc(-c2cc(-c3ccccc3)nc(-c3cccc(-n4c5cc6oc7ccccc7c6cc5c5cc6c(cc54)c4ccccc4n6-c4ccccc4)c3)n2)cc1. The van der Waals surface area contributed by atoms with E-state index in [1.54, 1.807) is 0 Å². The van der Waals surface area contributed by atoms with Crippen LogP contribution in [0, 0.1) is 0 Å². The van der Waals surface area contributed by atoms with Gasteiger partial charge in [-0.1, -0.05) is 127 Å². The molecule has 0 N–H and O–H groups in total. The Morgan fingerprint density at radius 2 is 0.842 bits per heavy atom. The molecule has 8 aromatic carbocycles. The van der Waals surface area contributed by atoms with Gasteiger partial charge in [-0.25, -0.2) is 9.97 Å². The first-order valence-corrected chi connectivity index (χ1v) is 19.2. The topological polar surface area (TPSA) is 48.8 Å². The predicted octanol–water partition coefficient (Wildman–Crippen LogP) is 13.6. The van der Waals surface area contributed by atoms with E-state index in [0.717, 1.165) is 77.8 Å². The minimum absolute atomic E-state index is 0.672. The molecular weight excluding hydrogens is 697 g/mol. The Morgan fingerprint density at radius 3 is 1.56 bits per heavy atom. The molecule has 0 atom stereocenters. The van der Waals surface area contributed by atoms with Crippen LogP contribution >= 0.6 is 0 Å². The fraction of sp³-hybridized carbons (Fsp3) is 0. The van der Waals surface area contributed by atoms with Crippen LogP contribution in [-0.4, -0.2) is 19.1 Å². The monoisotopic (exact) mass is 728 g/mol. The van der Waals surface area contributed by atoms with E-state index in [9.17, 15) is 0 Å². The molecule has 0 aliphatic heterocycles. The van der Waals surface area contributed by atoms with Crippen molar-refractivity contribution in [3.05, 3.63) is 194 Å². The molecule has 57 heavy (non-hydrogen) atoms. The Hall–Kier alpha value is -7.76. The van der Waals surface area contributed by atoms with Crippen molar-refractivity contribution in [3.8, 4) is 45.3 Å². The van der Waals surface area contributed by atoms with Crippen molar-refractivity contribution in [1.82, 2.24) is 19.1 Å². The van der Waals surface area contributed by atoms with Gasteiger partial charge in [0.2, 0.25) is 0 Å². The fourth-order valence-electron chi connectivity index (χ4n) is 8.70. The molecule has 12 rings (SSSR count). The summed E-state index contributed by atoms with van der Waals surface area (Å²) < 4.78 is 11.3. The van der Waals surface area contributed by atoms with E-state index in [1.165, 1.54) is 27.2 Å². The second-order valence-electron chi connectivity index (χ2n) is 14.6. The minimum Gasteiger partial charge on any atom is -0.456 e. The highest BCUT2D eigenvalue weighted by molar-refractivity contribution is 6.22. The quantitative estimate of drug-likeness (QED) is 0.177. The number of para-hydroxylation sites is 3. The summed E-state index contributed by atoms with van der Waals surface area (Å²) >= 11 is 0. The predicted molar refractivity (Wildman–Crippen MR) is 234 cm³/mol. The van der Waals surface area contributed by atoms with E-state index < -0.39 is 0 Å². The molecule has 0 aliphatic rings. The summed E-state index contributed by atoms with van der Waals surface area (Å²) in [6.07, 6.45) is 0. The highest BCUT2D eigenvalue weighted by Crippen LogP contribution is 2.42. The molecule has 0 unspecified atom stereocenters. The Morgan fingerprint density at radius 1 is 0.316 bits per heavy atom. The molecule has 0 saturated carbocycles. The van der Waals surface area contributed by atoms with Crippen LogP contribution in [0.3, 0.4) is 0 Å². The number of furan rings is 1. The zero-order valence-electron chi connectivity index (χ0n) is 30.7. The van der Waals surface area contributed by atoms with Crippen LogP contribution in [0.25, 0.3) is 111 Å². The molecule has 0 bridgehead atoms. The third-order valence-corrected chi connectivity index (χ3v) is 11.3. The number of hydrogen-bond acceptors (Lipinski definition) is 3. The van der Waals surface area contributed by atoms with Gasteiger partial charge in [-0.2, -0.15) is 0 Å². The van der Waals surface area contributed by atoms with Crippen molar-refractivity contribution in [2.45, 2.75) is 0 Å². The number of nitrogens with zero attached hydrogens (tertiary/aromatic N) is 4. The molecule has 4 heterocycles. The molecular formula is C52H32N4O. The van der Waals surface area contributed by atoms with Crippen LogP contribution in [0.4, 0.5) is 0 Å². The van der Waals surface area contributed by atoms with Gasteiger partial charge >= 0.3 is 0 Å². The molecule has 0 amide bonds. The summed E-state index contributed by atoms with van der Waals surface area (Å²) in [5, 5.41) is 6.96. The van der Waals surface area contributed by atoms with E-state index in [2.05, 4.69) is 179 Å². The van der Waals surface area contributed by atoms with Crippen LogP contribution in [0.5, 0.6) is 0 Å². The van der Waals surface area contributed by atoms with Gasteiger partial charge in [0.25, 0.3) is 0 Å². The van der Waals surface area contributed by atoms with Gasteiger partial charge in [-0.15, -0.1) is 0 Å². The van der Waals surface area contributed by atoms with E-state index in [4.69, 9.17) is 14.4 Å². The van der Waals surface area contributed by atoms with Crippen molar-refractivity contribution in [2.24, 2.45) is 0 Å². The van der Waals surface area contributed by atoms with Gasteiger partial charge in [0.1, 0.15) is 11.2 Å². The van der Waals surface area contributed by atoms with Gasteiger partial charge in [-0.05, 0) is 60.7 Å². The van der Waals surface area contributed by atoms with E-state index in [0.29, 0.717) is 5.82 Å². The van der Waals surface area contributed by atoms with Crippen LogP contribution in [-0.2, 0) is 0 Å². The average Bonchev–Trinajstić information content (AvgIpc) is 3.92. The van der Waals surface area contributed by atoms with Gasteiger partial charge < -0.3 is 13.6 Å². The first-order valence-electron chi connectivity index (χ1n) is 19.2. The lowest BCUT2D eigenvalue weighted by atomic mass is 10.1. The summed E-state index contributed by atoms with van der Waals surface area (Å²) in [5.74, 6) is 0.672. The molecule has 0 aliphatic carbocycles. The number of rotatable bonds is 5. The molecule has 266 valence electrons. The summed E-state index contributed by atoms with van der Waals surface area (Å²) in [6, 6.07) is 68.3. The second-order valence-corrected chi connectivity index (χ2v) is 14.6. The van der Waals surface area contributed by atoms with E-state index in [1.807, 2.05) is 24.3 Å². The summed E-state index contributed by atoms with van der Waals surface area (Å²) in [5.41, 5.74) is 13.2. The summed E-state index contributed by atoms with van der Waals surface area (Å²) in [6.45, 7) is 0. The molecule has 0 spiro atoms. The molecule has 12 aromatic rings. The Kier molecular flexibility index (Phi) is 6.86. The lowest BCUT2D eigenvalue weighted by Crippen LogP contribution is -1.98. The van der Waals surface area contributed by atoms with Gasteiger partial charge in [-0.3, -0.25) is 0 Å². The fourth-order valence-corrected chi connectivity index (χ4v) is 8.70. The van der Waals surface area contributed by atoms with Crippen molar-refractivity contribution in [3.63, 3.8) is 0 Å². The summed E-state index contributed by atoms with van der Waals surface area (Å²) in [7, 11) is 0. The highest BCUT2D eigenvalue weighted by Gasteiger charge is 2.21. The number of benzene rings is 8. The Bertz CT molecular complexity index is 3450. The van der Waals surface area contributed by atoms with E-state index >= 15 is 0 Å². The van der Waals surface area contributed by atoms with E-state index in [-0.39, 0.29) is 0 Å². The van der Waals surface area contributed by atoms with Crippen molar-refractivity contribution >= 4 is 65.6 Å². The maximum absolute atomic E-state index is 6.51.